The number of nitrogens with zero attached hydrogens (tertiary/aromatic N) is 1. The standard InChI is InChI=1S/C12H20N2O2S/c1-3-9-14(10-8-13)11-6-4-5-7-12(11)17(2,15)16/h4-7H,3,8-10,13H2,1-2H3. The molecule has 5 heteroatoms. The van der Waals surface area contributed by atoms with Gasteiger partial charge in [0.25, 0.3) is 0 Å². The summed E-state index contributed by atoms with van der Waals surface area (Å²) in [6, 6.07) is 7.07. The Morgan fingerprint density at radius 1 is 1.24 bits per heavy atom. The number of nitrogens with two attached hydrogens (primary N) is 1. The normalized spacial score (nSPS) is 11.5. The van der Waals surface area contributed by atoms with Crippen LogP contribution in [0.5, 0.6) is 0 Å². The van der Waals surface area contributed by atoms with E-state index >= 15 is 0 Å². The largest absolute Gasteiger partial charge is 0.369 e. The summed E-state index contributed by atoms with van der Waals surface area (Å²) in [5.74, 6) is 0. The van der Waals surface area contributed by atoms with E-state index < -0.39 is 9.84 Å². The number of sulfone groups is 1. The Labute approximate surface area is 103 Å². The molecule has 0 atom stereocenters. The van der Waals surface area contributed by atoms with Crippen molar-refractivity contribution in [2.75, 3.05) is 30.8 Å². The molecule has 0 aliphatic carbocycles. The van der Waals surface area contributed by atoms with E-state index in [9.17, 15) is 8.42 Å². The average molecular weight is 256 g/mol. The molecular weight excluding hydrogens is 236 g/mol. The van der Waals surface area contributed by atoms with Gasteiger partial charge in [-0.3, -0.25) is 0 Å². The Kier molecular flexibility index (Phi) is 4.96. The lowest BCUT2D eigenvalue weighted by Gasteiger charge is -2.25. The second-order valence-corrected chi connectivity index (χ2v) is 6.00. The first-order valence-electron chi connectivity index (χ1n) is 5.74. The lowest BCUT2D eigenvalue weighted by molar-refractivity contribution is 0.601. The van der Waals surface area contributed by atoms with Gasteiger partial charge in [0, 0.05) is 25.9 Å². The van der Waals surface area contributed by atoms with E-state index in [2.05, 4.69) is 6.92 Å². The molecule has 96 valence electrons. The van der Waals surface area contributed by atoms with Gasteiger partial charge in [0.2, 0.25) is 0 Å². The van der Waals surface area contributed by atoms with E-state index in [1.807, 2.05) is 17.0 Å². The smallest absolute Gasteiger partial charge is 0.177 e. The summed E-state index contributed by atoms with van der Waals surface area (Å²) in [7, 11) is -3.20. The van der Waals surface area contributed by atoms with Crippen molar-refractivity contribution < 1.29 is 8.42 Å². The molecule has 4 nitrogen and oxygen atoms in total. The van der Waals surface area contributed by atoms with Crippen molar-refractivity contribution in [1.82, 2.24) is 0 Å². The van der Waals surface area contributed by atoms with Gasteiger partial charge in [-0.15, -0.1) is 0 Å². The molecule has 0 aliphatic rings. The monoisotopic (exact) mass is 256 g/mol. The number of rotatable bonds is 6. The Hall–Kier alpha value is -1.07. The summed E-state index contributed by atoms with van der Waals surface area (Å²) in [4.78, 5) is 2.40. The van der Waals surface area contributed by atoms with Gasteiger partial charge in [-0.25, -0.2) is 8.42 Å². The van der Waals surface area contributed by atoms with Gasteiger partial charge in [-0.2, -0.15) is 0 Å². The van der Waals surface area contributed by atoms with E-state index in [0.717, 1.165) is 18.7 Å². The van der Waals surface area contributed by atoms with Crippen LogP contribution in [0.15, 0.2) is 29.2 Å². The molecule has 0 unspecified atom stereocenters. The zero-order valence-corrected chi connectivity index (χ0v) is 11.2. The summed E-state index contributed by atoms with van der Waals surface area (Å²) < 4.78 is 23.4. The lowest BCUT2D eigenvalue weighted by atomic mass is 10.2. The van der Waals surface area contributed by atoms with E-state index in [0.29, 0.717) is 18.0 Å². The van der Waals surface area contributed by atoms with Crippen molar-refractivity contribution >= 4 is 15.5 Å². The van der Waals surface area contributed by atoms with Crippen LogP contribution in [0.25, 0.3) is 0 Å². The maximum atomic E-state index is 11.7. The first kappa shape index (κ1) is 14.0. The fourth-order valence-corrected chi connectivity index (χ4v) is 2.71. The molecule has 0 saturated heterocycles. The fraction of sp³-hybridized carbons (Fsp3) is 0.500. The highest BCUT2D eigenvalue weighted by Crippen LogP contribution is 2.24. The van der Waals surface area contributed by atoms with Crippen molar-refractivity contribution in [3.05, 3.63) is 24.3 Å². The molecule has 1 aromatic rings. The number of anilines is 1. The van der Waals surface area contributed by atoms with Gasteiger partial charge < -0.3 is 10.6 Å². The van der Waals surface area contributed by atoms with Gasteiger partial charge in [0.05, 0.1) is 10.6 Å². The second kappa shape index (κ2) is 6.02. The predicted molar refractivity (Wildman–Crippen MR) is 71.1 cm³/mol. The van der Waals surface area contributed by atoms with Gasteiger partial charge in [-0.1, -0.05) is 19.1 Å². The van der Waals surface area contributed by atoms with E-state index in [-0.39, 0.29) is 0 Å². The topological polar surface area (TPSA) is 63.4 Å². The third-order valence-electron chi connectivity index (χ3n) is 2.50. The molecule has 0 heterocycles. The highest BCUT2D eigenvalue weighted by Gasteiger charge is 2.16. The van der Waals surface area contributed by atoms with Crippen molar-refractivity contribution in [2.45, 2.75) is 18.2 Å². The molecule has 1 aromatic carbocycles. The van der Waals surface area contributed by atoms with Crippen LogP contribution in [0.2, 0.25) is 0 Å². The van der Waals surface area contributed by atoms with Crippen LogP contribution >= 0.6 is 0 Å². The molecule has 0 amide bonds. The first-order valence-corrected chi connectivity index (χ1v) is 7.64. The molecule has 0 saturated carbocycles. The van der Waals surface area contributed by atoms with E-state index in [1.54, 1.807) is 12.1 Å². The van der Waals surface area contributed by atoms with Crippen molar-refractivity contribution in [2.24, 2.45) is 5.73 Å². The molecule has 0 spiro atoms. The third kappa shape index (κ3) is 3.71. The molecule has 17 heavy (non-hydrogen) atoms. The molecule has 0 radical (unpaired) electrons. The Morgan fingerprint density at radius 2 is 1.88 bits per heavy atom. The molecule has 2 N–H and O–H groups in total. The summed E-state index contributed by atoms with van der Waals surface area (Å²) in [5, 5.41) is 0. The minimum Gasteiger partial charge on any atom is -0.369 e. The number of para-hydroxylation sites is 1. The van der Waals surface area contributed by atoms with E-state index in [4.69, 9.17) is 5.73 Å². The SMILES string of the molecule is CCCN(CCN)c1ccccc1S(C)(=O)=O. The highest BCUT2D eigenvalue weighted by molar-refractivity contribution is 7.90. The molecular formula is C12H20N2O2S. The summed E-state index contributed by atoms with van der Waals surface area (Å²) in [5.41, 5.74) is 6.32. The fourth-order valence-electron chi connectivity index (χ4n) is 1.81. The lowest BCUT2D eigenvalue weighted by Crippen LogP contribution is -2.31. The minimum atomic E-state index is -3.20. The predicted octanol–water partition coefficient (Wildman–Crippen LogP) is 1.27. The Morgan fingerprint density at radius 3 is 2.41 bits per heavy atom. The third-order valence-corrected chi connectivity index (χ3v) is 3.64. The maximum Gasteiger partial charge on any atom is 0.177 e. The minimum absolute atomic E-state index is 0.377. The van der Waals surface area contributed by atoms with Gasteiger partial charge in [0.1, 0.15) is 0 Å². The molecule has 0 aliphatic heterocycles. The maximum absolute atomic E-state index is 11.7. The van der Waals surface area contributed by atoms with Crippen LogP contribution in [-0.4, -0.2) is 34.3 Å². The number of hydrogen-bond donors (Lipinski definition) is 1. The molecule has 1 rings (SSSR count). The van der Waals surface area contributed by atoms with Gasteiger partial charge >= 0.3 is 0 Å². The van der Waals surface area contributed by atoms with Crippen LogP contribution in [0, 0.1) is 0 Å². The first-order chi connectivity index (χ1) is 8.00. The zero-order valence-electron chi connectivity index (χ0n) is 10.4. The summed E-state index contributed by atoms with van der Waals surface area (Å²) in [6.07, 6.45) is 2.19. The number of hydrogen-bond acceptors (Lipinski definition) is 4. The van der Waals surface area contributed by atoms with Crippen LogP contribution < -0.4 is 10.6 Å². The zero-order chi connectivity index (χ0) is 12.9. The van der Waals surface area contributed by atoms with Crippen LogP contribution in [0.3, 0.4) is 0 Å². The Balaban J connectivity index is 3.18. The quantitative estimate of drug-likeness (QED) is 0.832. The highest BCUT2D eigenvalue weighted by atomic mass is 32.2. The molecule has 0 bridgehead atoms. The van der Waals surface area contributed by atoms with Gasteiger partial charge in [-0.05, 0) is 18.6 Å². The van der Waals surface area contributed by atoms with Gasteiger partial charge in [0.15, 0.2) is 9.84 Å². The molecule has 0 fully saturated rings. The average Bonchev–Trinajstić information content (AvgIpc) is 2.28. The van der Waals surface area contributed by atoms with Crippen molar-refractivity contribution in [3.63, 3.8) is 0 Å². The van der Waals surface area contributed by atoms with Crippen LogP contribution in [-0.2, 0) is 9.84 Å². The number of benzene rings is 1. The van der Waals surface area contributed by atoms with Crippen molar-refractivity contribution in [3.8, 4) is 0 Å². The van der Waals surface area contributed by atoms with Crippen LogP contribution in [0.4, 0.5) is 5.69 Å². The van der Waals surface area contributed by atoms with E-state index in [1.165, 1.54) is 6.26 Å². The van der Waals surface area contributed by atoms with Crippen molar-refractivity contribution in [1.29, 1.82) is 0 Å². The molecule has 0 aromatic heterocycles. The summed E-state index contributed by atoms with van der Waals surface area (Å²) in [6.45, 7) is 4.05. The second-order valence-electron chi connectivity index (χ2n) is 4.02. The Bertz CT molecular complexity index is 451. The summed E-state index contributed by atoms with van der Waals surface area (Å²) >= 11 is 0. The van der Waals surface area contributed by atoms with Crippen LogP contribution in [0.1, 0.15) is 13.3 Å².